The first-order valence-corrected chi connectivity index (χ1v) is 3.73. The van der Waals surface area contributed by atoms with Crippen LogP contribution in [0.25, 0.3) is 0 Å². The third-order valence-corrected chi connectivity index (χ3v) is 1.44. The summed E-state index contributed by atoms with van der Waals surface area (Å²) in [5.74, 6) is 0. The molecule has 0 saturated heterocycles. The fraction of sp³-hybridized carbons (Fsp3) is 1.00. The van der Waals surface area contributed by atoms with Crippen LogP contribution >= 0.6 is 0 Å². The van der Waals surface area contributed by atoms with Crippen molar-refractivity contribution >= 4 is 20.0 Å². The van der Waals surface area contributed by atoms with Crippen LogP contribution in [-0.4, -0.2) is 14.3 Å². The van der Waals surface area contributed by atoms with Crippen LogP contribution in [0.4, 0.5) is 13.2 Å². The Morgan fingerprint density at radius 3 is 1.56 bits per heavy atom. The SMILES string of the molecule is O=S(O)(=S)C(F)(F)F.[Os+4]. The molecule has 54 valence electrons. The molecule has 0 aliphatic carbocycles. The molecule has 9 heavy (non-hydrogen) atoms. The molecule has 0 aliphatic heterocycles. The number of rotatable bonds is 0. The number of hydrogen-bond acceptors (Lipinski definition) is 2. The summed E-state index contributed by atoms with van der Waals surface area (Å²) in [7, 11) is -5.01. The Kier molecular flexibility index (Phi) is 4.47. The van der Waals surface area contributed by atoms with E-state index in [-0.39, 0.29) is 19.8 Å². The topological polar surface area (TPSA) is 37.3 Å². The Labute approximate surface area is 67.4 Å². The van der Waals surface area contributed by atoms with E-state index in [1.807, 2.05) is 0 Å². The summed E-state index contributed by atoms with van der Waals surface area (Å²) in [6, 6.07) is 0. The maximum atomic E-state index is 10.9. The van der Waals surface area contributed by atoms with Gasteiger partial charge in [-0.2, -0.15) is 13.2 Å². The summed E-state index contributed by atoms with van der Waals surface area (Å²) < 4.78 is 49.8. The zero-order chi connectivity index (χ0) is 7.00. The van der Waals surface area contributed by atoms with Gasteiger partial charge in [-0.1, -0.05) is 0 Å². The Balaban J connectivity index is 0. The predicted octanol–water partition coefficient (Wildman–Crippen LogP) is 0.723. The van der Waals surface area contributed by atoms with E-state index in [0.717, 1.165) is 0 Å². The normalized spacial score (nSPS) is 17.8. The van der Waals surface area contributed by atoms with Crippen molar-refractivity contribution in [1.82, 2.24) is 0 Å². The quantitative estimate of drug-likeness (QED) is 0.695. The third kappa shape index (κ3) is 4.20. The van der Waals surface area contributed by atoms with Gasteiger partial charge in [0.2, 0.25) is 8.77 Å². The van der Waals surface area contributed by atoms with Crippen molar-refractivity contribution in [2.75, 3.05) is 0 Å². The van der Waals surface area contributed by atoms with Crippen LogP contribution in [0, 0.1) is 0 Å². The molecule has 2 nitrogen and oxygen atoms in total. The summed E-state index contributed by atoms with van der Waals surface area (Å²) in [5.41, 5.74) is -5.16. The molecule has 0 rings (SSSR count). The molecule has 0 radical (unpaired) electrons. The van der Waals surface area contributed by atoms with Gasteiger partial charge in [0.05, 0.1) is 0 Å². The van der Waals surface area contributed by atoms with E-state index in [9.17, 15) is 17.4 Å². The van der Waals surface area contributed by atoms with Gasteiger partial charge >= 0.3 is 25.3 Å². The van der Waals surface area contributed by atoms with Crippen LogP contribution in [0.5, 0.6) is 0 Å². The minimum atomic E-state index is -5.16. The third-order valence-electron chi connectivity index (χ3n) is 0.292. The summed E-state index contributed by atoms with van der Waals surface area (Å²) in [4.78, 5) is 0. The Hall–Kier alpha value is 0.756. The molecule has 0 amide bonds. The molecule has 1 unspecified atom stereocenters. The maximum Gasteiger partial charge on any atom is 4.00 e. The standard InChI is InChI=1S/CHF3O2S2.Os/c2-1(3,4)8(5,6)7;/h(H,5,6,7);/q;+4. The van der Waals surface area contributed by atoms with Crippen LogP contribution in [0.3, 0.4) is 0 Å². The van der Waals surface area contributed by atoms with E-state index in [4.69, 9.17) is 4.55 Å². The first-order chi connectivity index (χ1) is 3.25. The zero-order valence-corrected chi connectivity index (χ0v) is 7.83. The molecule has 0 spiro atoms. The molecule has 0 fully saturated rings. The van der Waals surface area contributed by atoms with Crippen LogP contribution in [0.1, 0.15) is 0 Å². The van der Waals surface area contributed by atoms with E-state index >= 15 is 0 Å². The van der Waals surface area contributed by atoms with Crippen molar-refractivity contribution in [3.63, 3.8) is 0 Å². The Bertz CT molecular complexity index is 169. The van der Waals surface area contributed by atoms with E-state index in [1.165, 1.54) is 0 Å². The second kappa shape index (κ2) is 3.24. The molecule has 1 N–H and O–H groups in total. The van der Waals surface area contributed by atoms with Gasteiger partial charge in [0.25, 0.3) is 0 Å². The molecule has 0 heterocycles. The number of hydrogen-bond donors (Lipinski definition) is 1. The molecule has 0 aliphatic rings. The zero-order valence-electron chi connectivity index (χ0n) is 3.66. The average molecular weight is 356 g/mol. The molecular formula is CHF3O2OsS2+4. The molecule has 0 aromatic heterocycles. The average Bonchev–Trinajstić information content (AvgIpc) is 1.25. The predicted molar refractivity (Wildman–Crippen MR) is 24.2 cm³/mol. The van der Waals surface area contributed by atoms with Gasteiger partial charge in [-0.25, -0.2) is 4.21 Å². The monoisotopic (exact) mass is 358 g/mol. The van der Waals surface area contributed by atoms with Crippen molar-refractivity contribution in [2.45, 2.75) is 5.51 Å². The van der Waals surface area contributed by atoms with Gasteiger partial charge < -0.3 is 0 Å². The molecule has 1 atom stereocenters. The number of alkyl halides is 3. The summed E-state index contributed by atoms with van der Waals surface area (Å²) in [6.45, 7) is 0. The van der Waals surface area contributed by atoms with Crippen molar-refractivity contribution in [1.29, 1.82) is 0 Å². The van der Waals surface area contributed by atoms with Crippen LogP contribution in [0.15, 0.2) is 0 Å². The number of halogens is 3. The summed E-state index contributed by atoms with van der Waals surface area (Å²) in [6.07, 6.45) is 0. The molecule has 0 aromatic rings. The van der Waals surface area contributed by atoms with Crippen LogP contribution in [-0.2, 0) is 39.8 Å². The van der Waals surface area contributed by atoms with Gasteiger partial charge in [-0.15, -0.1) is 0 Å². The fourth-order valence-corrected chi connectivity index (χ4v) is 0. The van der Waals surface area contributed by atoms with Gasteiger partial charge in [-0.05, 0) is 0 Å². The second-order valence-corrected chi connectivity index (χ2v) is 3.69. The first kappa shape index (κ1) is 12.4. The van der Waals surface area contributed by atoms with Gasteiger partial charge in [0.15, 0.2) is 0 Å². The van der Waals surface area contributed by atoms with Crippen molar-refractivity contribution < 1.29 is 41.7 Å². The molecule has 0 saturated carbocycles. The smallest absolute Gasteiger partial charge is 0.299 e. The van der Waals surface area contributed by atoms with Crippen LogP contribution < -0.4 is 0 Å². The Morgan fingerprint density at radius 2 is 1.56 bits per heavy atom. The second-order valence-electron chi connectivity index (χ2n) is 0.921. The molecule has 8 heteroatoms. The minimum Gasteiger partial charge on any atom is -0.299 e. The minimum absolute atomic E-state index is 0. The van der Waals surface area contributed by atoms with Gasteiger partial charge in [0, 0.05) is 11.2 Å². The van der Waals surface area contributed by atoms with Gasteiger partial charge in [0.1, 0.15) is 0 Å². The van der Waals surface area contributed by atoms with E-state index in [2.05, 4.69) is 11.2 Å². The first-order valence-electron chi connectivity index (χ1n) is 1.29. The molecular weight excluding hydrogens is 355 g/mol. The Morgan fingerprint density at radius 1 is 1.44 bits per heavy atom. The van der Waals surface area contributed by atoms with Gasteiger partial charge in [-0.3, -0.25) is 4.55 Å². The summed E-state index contributed by atoms with van der Waals surface area (Å²) >= 11 is 3.18. The maximum absolute atomic E-state index is 10.9. The fourth-order valence-electron chi connectivity index (χ4n) is 0. The largest absolute Gasteiger partial charge is 4.00 e. The van der Waals surface area contributed by atoms with Crippen molar-refractivity contribution in [3.8, 4) is 0 Å². The van der Waals surface area contributed by atoms with Crippen LogP contribution in [0.2, 0.25) is 0 Å². The van der Waals surface area contributed by atoms with E-state index < -0.39 is 14.3 Å². The van der Waals surface area contributed by atoms with Crippen molar-refractivity contribution in [2.24, 2.45) is 0 Å². The van der Waals surface area contributed by atoms with E-state index in [0.29, 0.717) is 0 Å². The molecule has 0 aromatic carbocycles. The molecule has 0 bridgehead atoms. The van der Waals surface area contributed by atoms with Crippen molar-refractivity contribution in [3.05, 3.63) is 0 Å². The van der Waals surface area contributed by atoms with E-state index in [1.54, 1.807) is 0 Å². The summed E-state index contributed by atoms with van der Waals surface area (Å²) in [5, 5.41) is 0.